The topological polar surface area (TPSA) is 67.3 Å². The third kappa shape index (κ3) is 4.78. The van der Waals surface area contributed by atoms with Gasteiger partial charge in [-0.3, -0.25) is 4.79 Å². The first-order chi connectivity index (χ1) is 13.1. The standard InChI is InChI=1S/C19H20N4O2S2/c1-13(17(24)23(2)14-9-5-4-6-10-14)26-19-22-21-18(27-19)20-15-11-7-8-12-16(15)25-3/h4-13H,1-3H3,(H,20,21)/t13-/m1/s1. The van der Waals surface area contributed by atoms with Crippen LogP contribution in [0.15, 0.2) is 58.9 Å². The number of nitrogens with zero attached hydrogens (tertiary/aromatic N) is 3. The Bertz CT molecular complexity index is 901. The van der Waals surface area contributed by atoms with Crippen molar-refractivity contribution >= 4 is 45.5 Å². The molecular weight excluding hydrogens is 380 g/mol. The number of amides is 1. The highest BCUT2D eigenvalue weighted by Crippen LogP contribution is 2.33. The van der Waals surface area contributed by atoms with Crippen molar-refractivity contribution in [3.63, 3.8) is 0 Å². The number of ether oxygens (including phenoxy) is 1. The second-order valence-electron chi connectivity index (χ2n) is 5.69. The highest BCUT2D eigenvalue weighted by molar-refractivity contribution is 8.02. The number of carbonyl (C=O) groups is 1. The van der Waals surface area contributed by atoms with E-state index in [-0.39, 0.29) is 11.2 Å². The van der Waals surface area contributed by atoms with Crippen LogP contribution >= 0.6 is 23.1 Å². The minimum absolute atomic E-state index is 0.0145. The summed E-state index contributed by atoms with van der Waals surface area (Å²) in [6, 6.07) is 17.2. The van der Waals surface area contributed by atoms with Crippen LogP contribution in [0.25, 0.3) is 0 Å². The first-order valence-electron chi connectivity index (χ1n) is 8.31. The fourth-order valence-corrected chi connectivity index (χ4v) is 4.43. The second-order valence-corrected chi connectivity index (χ2v) is 8.26. The average molecular weight is 401 g/mol. The van der Waals surface area contributed by atoms with Crippen LogP contribution in [-0.4, -0.2) is 35.5 Å². The molecule has 2 aromatic carbocycles. The molecule has 27 heavy (non-hydrogen) atoms. The number of anilines is 3. The Hall–Kier alpha value is -2.58. The van der Waals surface area contributed by atoms with Crippen molar-refractivity contribution in [3.05, 3.63) is 54.6 Å². The molecule has 1 amide bonds. The lowest BCUT2D eigenvalue weighted by atomic mass is 10.3. The van der Waals surface area contributed by atoms with Crippen molar-refractivity contribution < 1.29 is 9.53 Å². The molecule has 0 saturated heterocycles. The fourth-order valence-electron chi connectivity index (χ4n) is 2.42. The quantitative estimate of drug-likeness (QED) is 0.592. The Morgan fingerprint density at radius 3 is 2.59 bits per heavy atom. The summed E-state index contributed by atoms with van der Waals surface area (Å²) in [6.45, 7) is 1.88. The van der Waals surface area contributed by atoms with Crippen molar-refractivity contribution in [1.82, 2.24) is 10.2 Å². The lowest BCUT2D eigenvalue weighted by Gasteiger charge is -2.20. The molecule has 3 rings (SSSR count). The third-order valence-corrected chi connectivity index (χ3v) is 5.86. The first kappa shape index (κ1) is 19.2. The predicted molar refractivity (Wildman–Crippen MR) is 111 cm³/mol. The zero-order chi connectivity index (χ0) is 19.2. The van der Waals surface area contributed by atoms with Gasteiger partial charge < -0.3 is 15.0 Å². The smallest absolute Gasteiger partial charge is 0.240 e. The highest BCUT2D eigenvalue weighted by Gasteiger charge is 2.21. The zero-order valence-electron chi connectivity index (χ0n) is 15.2. The van der Waals surface area contributed by atoms with Gasteiger partial charge in [-0.2, -0.15) is 0 Å². The van der Waals surface area contributed by atoms with Crippen molar-refractivity contribution in [2.24, 2.45) is 0 Å². The Kier molecular flexibility index (Phi) is 6.31. The molecule has 0 bridgehead atoms. The summed E-state index contributed by atoms with van der Waals surface area (Å²) < 4.78 is 6.06. The van der Waals surface area contributed by atoms with Crippen LogP contribution in [0, 0.1) is 0 Å². The number of para-hydroxylation sites is 3. The Morgan fingerprint density at radius 2 is 1.85 bits per heavy atom. The van der Waals surface area contributed by atoms with Gasteiger partial charge in [-0.15, -0.1) is 10.2 Å². The van der Waals surface area contributed by atoms with Gasteiger partial charge in [0.1, 0.15) is 5.75 Å². The van der Waals surface area contributed by atoms with Gasteiger partial charge >= 0.3 is 0 Å². The fraction of sp³-hybridized carbons (Fsp3) is 0.211. The molecule has 0 unspecified atom stereocenters. The molecule has 8 heteroatoms. The lowest BCUT2D eigenvalue weighted by molar-refractivity contribution is -0.117. The van der Waals surface area contributed by atoms with E-state index >= 15 is 0 Å². The van der Waals surface area contributed by atoms with E-state index < -0.39 is 0 Å². The molecule has 140 valence electrons. The molecular formula is C19H20N4O2S2. The van der Waals surface area contributed by atoms with Crippen molar-refractivity contribution in [1.29, 1.82) is 0 Å². The van der Waals surface area contributed by atoms with Gasteiger partial charge in [-0.1, -0.05) is 53.4 Å². The van der Waals surface area contributed by atoms with Crippen LogP contribution in [0.5, 0.6) is 5.75 Å². The van der Waals surface area contributed by atoms with E-state index in [4.69, 9.17) is 4.74 Å². The van der Waals surface area contributed by atoms with E-state index in [0.717, 1.165) is 21.5 Å². The van der Waals surface area contributed by atoms with Gasteiger partial charge in [0.05, 0.1) is 18.0 Å². The molecule has 0 saturated carbocycles. The van der Waals surface area contributed by atoms with Crippen LogP contribution in [0.2, 0.25) is 0 Å². The maximum Gasteiger partial charge on any atom is 0.240 e. The predicted octanol–water partition coefficient (Wildman–Crippen LogP) is 4.43. The summed E-state index contributed by atoms with van der Waals surface area (Å²) in [5.41, 5.74) is 1.69. The zero-order valence-corrected chi connectivity index (χ0v) is 16.9. The van der Waals surface area contributed by atoms with Crippen LogP contribution in [0.1, 0.15) is 6.92 Å². The molecule has 0 aliphatic carbocycles. The number of rotatable bonds is 7. The maximum absolute atomic E-state index is 12.7. The van der Waals surface area contributed by atoms with E-state index in [2.05, 4.69) is 15.5 Å². The molecule has 1 atom stereocenters. The molecule has 0 radical (unpaired) electrons. The number of hydrogen-bond donors (Lipinski definition) is 1. The van der Waals surface area contributed by atoms with Crippen molar-refractivity contribution in [2.75, 3.05) is 24.4 Å². The first-order valence-corrected chi connectivity index (χ1v) is 10.0. The van der Waals surface area contributed by atoms with Crippen LogP contribution in [0.3, 0.4) is 0 Å². The van der Waals surface area contributed by atoms with Crippen LogP contribution < -0.4 is 15.0 Å². The van der Waals surface area contributed by atoms with Gasteiger partial charge in [0.25, 0.3) is 0 Å². The van der Waals surface area contributed by atoms with Gasteiger partial charge in [0.15, 0.2) is 4.34 Å². The van der Waals surface area contributed by atoms with Gasteiger partial charge in [0, 0.05) is 12.7 Å². The Morgan fingerprint density at radius 1 is 1.15 bits per heavy atom. The number of hydrogen-bond acceptors (Lipinski definition) is 7. The summed E-state index contributed by atoms with van der Waals surface area (Å²) in [5.74, 6) is 0.746. The third-order valence-electron chi connectivity index (χ3n) is 3.85. The van der Waals surface area contributed by atoms with Crippen molar-refractivity contribution in [3.8, 4) is 5.75 Å². The van der Waals surface area contributed by atoms with Gasteiger partial charge in [0.2, 0.25) is 11.0 Å². The summed E-state index contributed by atoms with van der Waals surface area (Å²) in [5, 5.41) is 11.9. The molecule has 1 aromatic heterocycles. The van der Waals surface area contributed by atoms with E-state index in [1.807, 2.05) is 61.5 Å². The maximum atomic E-state index is 12.7. The number of benzene rings is 2. The molecule has 1 heterocycles. The number of nitrogens with one attached hydrogen (secondary N) is 1. The van der Waals surface area contributed by atoms with Crippen LogP contribution in [0.4, 0.5) is 16.5 Å². The summed E-state index contributed by atoms with van der Waals surface area (Å²) in [6.07, 6.45) is 0. The molecule has 0 aliphatic rings. The minimum Gasteiger partial charge on any atom is -0.495 e. The van der Waals surface area contributed by atoms with E-state index in [0.29, 0.717) is 5.13 Å². The normalized spacial score (nSPS) is 11.7. The highest BCUT2D eigenvalue weighted by atomic mass is 32.2. The number of carbonyl (C=O) groups excluding carboxylic acids is 1. The Balaban J connectivity index is 1.64. The van der Waals surface area contributed by atoms with Gasteiger partial charge in [-0.25, -0.2) is 0 Å². The summed E-state index contributed by atoms with van der Waals surface area (Å²) in [7, 11) is 3.40. The van der Waals surface area contributed by atoms with E-state index in [9.17, 15) is 4.79 Å². The molecule has 0 fully saturated rings. The lowest BCUT2D eigenvalue weighted by Crippen LogP contribution is -2.33. The summed E-state index contributed by atoms with van der Waals surface area (Å²) >= 11 is 2.80. The molecule has 3 aromatic rings. The van der Waals surface area contributed by atoms with E-state index in [1.165, 1.54) is 23.1 Å². The molecule has 0 aliphatic heterocycles. The monoisotopic (exact) mass is 400 g/mol. The minimum atomic E-state index is -0.276. The van der Waals surface area contributed by atoms with E-state index in [1.54, 1.807) is 19.1 Å². The number of thioether (sulfide) groups is 1. The molecule has 0 spiro atoms. The number of methoxy groups -OCH3 is 1. The van der Waals surface area contributed by atoms with Gasteiger partial charge in [-0.05, 0) is 31.2 Å². The van der Waals surface area contributed by atoms with Crippen molar-refractivity contribution in [2.45, 2.75) is 16.5 Å². The Labute approximate surface area is 166 Å². The SMILES string of the molecule is COc1ccccc1Nc1nnc(S[C@H](C)C(=O)N(C)c2ccccc2)s1. The van der Waals surface area contributed by atoms with Crippen LogP contribution in [-0.2, 0) is 4.79 Å². The second kappa shape index (κ2) is 8.88. The molecule has 6 nitrogen and oxygen atoms in total. The summed E-state index contributed by atoms with van der Waals surface area (Å²) in [4.78, 5) is 14.3. The largest absolute Gasteiger partial charge is 0.495 e. The molecule has 1 N–H and O–H groups in total. The average Bonchev–Trinajstić information content (AvgIpc) is 3.14. The number of aromatic nitrogens is 2.